The lowest BCUT2D eigenvalue weighted by atomic mass is 10.0. The van der Waals surface area contributed by atoms with Gasteiger partial charge in [-0.25, -0.2) is 4.98 Å². The van der Waals surface area contributed by atoms with E-state index in [1.165, 1.54) is 43.7 Å². The molecule has 1 atom stereocenters. The summed E-state index contributed by atoms with van der Waals surface area (Å²) < 4.78 is 0. The van der Waals surface area contributed by atoms with Crippen LogP contribution in [0.1, 0.15) is 42.8 Å². The van der Waals surface area contributed by atoms with E-state index in [0.717, 1.165) is 31.2 Å². The summed E-state index contributed by atoms with van der Waals surface area (Å²) in [7, 11) is 0. The topological polar surface area (TPSA) is 37.0 Å². The Balaban J connectivity index is 1.46. The van der Waals surface area contributed by atoms with E-state index >= 15 is 0 Å². The molecule has 3 nitrogen and oxygen atoms in total. The molecular formula is C14H25N3S. The van der Waals surface area contributed by atoms with Gasteiger partial charge in [0.05, 0.1) is 5.01 Å². The molecule has 1 saturated heterocycles. The Bertz CT molecular complexity index is 332. The molecule has 2 rings (SSSR count). The monoisotopic (exact) mass is 267 g/mol. The van der Waals surface area contributed by atoms with Crippen molar-refractivity contribution in [2.45, 2.75) is 51.5 Å². The third-order valence-corrected chi connectivity index (χ3v) is 4.53. The summed E-state index contributed by atoms with van der Waals surface area (Å²) in [6.45, 7) is 5.49. The summed E-state index contributed by atoms with van der Waals surface area (Å²) in [4.78, 5) is 4.47. The van der Waals surface area contributed by atoms with Crippen LogP contribution in [-0.2, 0) is 6.42 Å². The fraction of sp³-hybridized carbons (Fsp3) is 0.786. The minimum atomic E-state index is 0.780. The molecule has 1 aliphatic rings. The first-order valence-corrected chi connectivity index (χ1v) is 8.07. The predicted octanol–water partition coefficient (Wildman–Crippen LogP) is 2.51. The Labute approximate surface area is 114 Å². The van der Waals surface area contributed by atoms with Crippen LogP contribution in [0.25, 0.3) is 0 Å². The zero-order chi connectivity index (χ0) is 12.6. The number of thiazole rings is 1. The molecule has 1 aromatic rings. The normalized spacial score (nSPS) is 20.2. The Morgan fingerprint density at radius 3 is 3.11 bits per heavy atom. The Kier molecular flexibility index (Phi) is 6.11. The largest absolute Gasteiger partial charge is 0.316 e. The predicted molar refractivity (Wildman–Crippen MR) is 78.3 cm³/mol. The second-order valence-electron chi connectivity index (χ2n) is 5.17. The van der Waals surface area contributed by atoms with E-state index in [9.17, 15) is 0 Å². The lowest BCUT2D eigenvalue weighted by Gasteiger charge is -2.23. The van der Waals surface area contributed by atoms with Gasteiger partial charge in [-0.1, -0.05) is 6.42 Å². The van der Waals surface area contributed by atoms with Crippen LogP contribution in [-0.4, -0.2) is 30.7 Å². The molecular weight excluding hydrogens is 242 g/mol. The van der Waals surface area contributed by atoms with Gasteiger partial charge in [-0.3, -0.25) is 0 Å². The van der Waals surface area contributed by atoms with Gasteiger partial charge in [-0.05, 0) is 45.7 Å². The average molecular weight is 267 g/mol. The van der Waals surface area contributed by atoms with Gasteiger partial charge >= 0.3 is 0 Å². The Morgan fingerprint density at radius 1 is 1.44 bits per heavy atom. The highest BCUT2D eigenvalue weighted by Crippen LogP contribution is 2.11. The number of hydrogen-bond acceptors (Lipinski definition) is 4. The molecule has 2 heterocycles. The maximum atomic E-state index is 4.47. The summed E-state index contributed by atoms with van der Waals surface area (Å²) >= 11 is 1.77. The Morgan fingerprint density at radius 2 is 2.39 bits per heavy atom. The number of hydrogen-bond donors (Lipinski definition) is 2. The van der Waals surface area contributed by atoms with Gasteiger partial charge in [-0.2, -0.15) is 0 Å². The summed E-state index contributed by atoms with van der Waals surface area (Å²) in [6.07, 6.45) is 7.83. The van der Waals surface area contributed by atoms with Gasteiger partial charge in [0.25, 0.3) is 0 Å². The van der Waals surface area contributed by atoms with Crippen molar-refractivity contribution >= 4 is 11.3 Å². The number of rotatable bonds is 7. The van der Waals surface area contributed by atoms with Gasteiger partial charge in [0, 0.05) is 30.1 Å². The van der Waals surface area contributed by atoms with Crippen LogP contribution in [0, 0.1) is 6.92 Å². The molecule has 0 aliphatic carbocycles. The van der Waals surface area contributed by atoms with Crippen molar-refractivity contribution < 1.29 is 0 Å². The molecule has 0 spiro atoms. The molecule has 0 amide bonds. The summed E-state index contributed by atoms with van der Waals surface area (Å²) in [5.41, 5.74) is 1.15. The van der Waals surface area contributed by atoms with Gasteiger partial charge < -0.3 is 10.6 Å². The maximum absolute atomic E-state index is 4.47. The first kappa shape index (κ1) is 14.0. The molecule has 1 unspecified atom stereocenters. The molecule has 4 heteroatoms. The van der Waals surface area contributed by atoms with Crippen LogP contribution in [0.4, 0.5) is 0 Å². The first-order chi connectivity index (χ1) is 8.84. The minimum absolute atomic E-state index is 0.780. The summed E-state index contributed by atoms with van der Waals surface area (Å²) in [5, 5.41) is 10.5. The molecule has 1 aliphatic heterocycles. The quantitative estimate of drug-likeness (QED) is 0.745. The van der Waals surface area contributed by atoms with Crippen LogP contribution in [0.2, 0.25) is 0 Å². The van der Waals surface area contributed by atoms with Crippen LogP contribution in [0.5, 0.6) is 0 Å². The molecule has 0 radical (unpaired) electrons. The smallest absolute Gasteiger partial charge is 0.0940 e. The molecule has 18 heavy (non-hydrogen) atoms. The van der Waals surface area contributed by atoms with Crippen molar-refractivity contribution in [1.29, 1.82) is 0 Å². The van der Waals surface area contributed by atoms with Gasteiger partial charge in [-0.15, -0.1) is 11.3 Å². The van der Waals surface area contributed by atoms with E-state index in [2.05, 4.69) is 27.9 Å². The second kappa shape index (κ2) is 7.87. The van der Waals surface area contributed by atoms with Gasteiger partial charge in [0.2, 0.25) is 0 Å². The standard InChI is InChI=1S/C14H25N3S/c1-12-11-18-14(17-12)7-10-15-8-4-6-13-5-2-3-9-16-13/h11,13,15-16H,2-10H2,1H3. The molecule has 1 fully saturated rings. The van der Waals surface area contributed by atoms with Gasteiger partial charge in [0.15, 0.2) is 0 Å². The van der Waals surface area contributed by atoms with Crippen LogP contribution >= 0.6 is 11.3 Å². The second-order valence-corrected chi connectivity index (χ2v) is 6.11. The fourth-order valence-corrected chi connectivity index (χ4v) is 3.26. The molecule has 0 saturated carbocycles. The number of nitrogens with zero attached hydrogens (tertiary/aromatic N) is 1. The Hall–Kier alpha value is -0.450. The average Bonchev–Trinajstić information content (AvgIpc) is 2.81. The highest BCUT2D eigenvalue weighted by atomic mass is 32.1. The minimum Gasteiger partial charge on any atom is -0.316 e. The number of aryl methyl sites for hydroxylation is 1. The van der Waals surface area contributed by atoms with Crippen molar-refractivity contribution in [2.75, 3.05) is 19.6 Å². The lowest BCUT2D eigenvalue weighted by Crippen LogP contribution is -2.34. The van der Waals surface area contributed by atoms with Crippen LogP contribution in [0.15, 0.2) is 5.38 Å². The first-order valence-electron chi connectivity index (χ1n) is 7.20. The molecule has 0 aromatic carbocycles. The maximum Gasteiger partial charge on any atom is 0.0940 e. The number of aromatic nitrogens is 1. The van der Waals surface area contributed by atoms with E-state index in [4.69, 9.17) is 0 Å². The molecule has 2 N–H and O–H groups in total. The van der Waals surface area contributed by atoms with Crippen molar-refractivity contribution in [3.05, 3.63) is 16.1 Å². The molecule has 0 bridgehead atoms. The zero-order valence-corrected chi connectivity index (χ0v) is 12.2. The van der Waals surface area contributed by atoms with Crippen molar-refractivity contribution in [3.8, 4) is 0 Å². The summed E-state index contributed by atoms with van der Waals surface area (Å²) in [6, 6.07) is 0.780. The fourth-order valence-electron chi connectivity index (χ4n) is 2.48. The molecule has 102 valence electrons. The van der Waals surface area contributed by atoms with Crippen molar-refractivity contribution in [2.24, 2.45) is 0 Å². The van der Waals surface area contributed by atoms with E-state index in [0.29, 0.717) is 0 Å². The lowest BCUT2D eigenvalue weighted by molar-refractivity contribution is 0.373. The third kappa shape index (κ3) is 5.04. The van der Waals surface area contributed by atoms with E-state index < -0.39 is 0 Å². The number of nitrogens with one attached hydrogen (secondary N) is 2. The summed E-state index contributed by atoms with van der Waals surface area (Å²) in [5.74, 6) is 0. The van der Waals surface area contributed by atoms with E-state index in [-0.39, 0.29) is 0 Å². The highest BCUT2D eigenvalue weighted by Gasteiger charge is 2.11. The van der Waals surface area contributed by atoms with E-state index in [1.807, 2.05) is 0 Å². The molecule has 1 aromatic heterocycles. The van der Waals surface area contributed by atoms with E-state index in [1.54, 1.807) is 11.3 Å². The zero-order valence-electron chi connectivity index (χ0n) is 11.4. The SMILES string of the molecule is Cc1csc(CCNCCCC2CCCCN2)n1. The van der Waals surface area contributed by atoms with Gasteiger partial charge in [0.1, 0.15) is 0 Å². The highest BCUT2D eigenvalue weighted by molar-refractivity contribution is 7.09. The number of piperidine rings is 1. The third-order valence-electron chi connectivity index (χ3n) is 3.50. The van der Waals surface area contributed by atoms with Crippen molar-refractivity contribution in [1.82, 2.24) is 15.6 Å². The van der Waals surface area contributed by atoms with Crippen LogP contribution < -0.4 is 10.6 Å². The van der Waals surface area contributed by atoms with Crippen LogP contribution in [0.3, 0.4) is 0 Å². The van der Waals surface area contributed by atoms with Crippen molar-refractivity contribution in [3.63, 3.8) is 0 Å².